The first-order valence-electron chi connectivity index (χ1n) is 6.07. The lowest BCUT2D eigenvalue weighted by atomic mass is 10.3. The summed E-state index contributed by atoms with van der Waals surface area (Å²) in [4.78, 5) is 22.1. The van der Waals surface area contributed by atoms with Crippen LogP contribution in [0.3, 0.4) is 0 Å². The van der Waals surface area contributed by atoms with Gasteiger partial charge in [-0.15, -0.1) is 0 Å². The Hall–Kier alpha value is -2.18. The molecule has 1 amide bonds. The van der Waals surface area contributed by atoms with Crippen molar-refractivity contribution in [2.45, 2.75) is 6.42 Å². The van der Waals surface area contributed by atoms with Gasteiger partial charge in [0.2, 0.25) is 5.91 Å². The van der Waals surface area contributed by atoms with Crippen LogP contribution in [0.5, 0.6) is 5.75 Å². The van der Waals surface area contributed by atoms with Crippen molar-refractivity contribution in [2.75, 3.05) is 13.2 Å². The lowest BCUT2D eigenvalue weighted by molar-refractivity contribution is -0.140. The largest absolute Gasteiger partial charge is 0.492 e. The number of rotatable bonds is 6. The molecule has 1 aliphatic carbocycles. The van der Waals surface area contributed by atoms with Gasteiger partial charge in [0.05, 0.1) is 18.4 Å². The fraction of sp³-hybridized carbons (Fsp3) is 0.385. The van der Waals surface area contributed by atoms with Crippen molar-refractivity contribution in [3.63, 3.8) is 0 Å². The molecule has 5 nitrogen and oxygen atoms in total. The molecule has 1 fully saturated rings. The molecule has 1 aromatic rings. The molecule has 108 valence electrons. The zero-order valence-electron chi connectivity index (χ0n) is 10.4. The van der Waals surface area contributed by atoms with Crippen LogP contribution in [0.15, 0.2) is 18.2 Å². The number of carboxylic acids is 1. The summed E-state index contributed by atoms with van der Waals surface area (Å²) < 4.78 is 30.7. The van der Waals surface area contributed by atoms with Crippen LogP contribution in [-0.4, -0.2) is 30.1 Å². The zero-order valence-corrected chi connectivity index (χ0v) is 10.4. The van der Waals surface area contributed by atoms with Crippen LogP contribution in [0.1, 0.15) is 6.42 Å². The number of benzene rings is 1. The molecule has 0 bridgehead atoms. The fourth-order valence-corrected chi connectivity index (χ4v) is 1.80. The minimum Gasteiger partial charge on any atom is -0.492 e. The van der Waals surface area contributed by atoms with Crippen molar-refractivity contribution < 1.29 is 28.2 Å². The lowest BCUT2D eigenvalue weighted by Gasteiger charge is -2.07. The van der Waals surface area contributed by atoms with Crippen molar-refractivity contribution >= 4 is 11.9 Å². The van der Waals surface area contributed by atoms with E-state index in [0.717, 1.165) is 12.1 Å². The quantitative estimate of drug-likeness (QED) is 0.770. The first-order chi connectivity index (χ1) is 9.49. The van der Waals surface area contributed by atoms with Crippen molar-refractivity contribution in [1.82, 2.24) is 5.32 Å². The van der Waals surface area contributed by atoms with E-state index >= 15 is 0 Å². The summed E-state index contributed by atoms with van der Waals surface area (Å²) >= 11 is 0. The number of ether oxygens (including phenoxy) is 1. The van der Waals surface area contributed by atoms with Gasteiger partial charge in [0.15, 0.2) is 11.6 Å². The van der Waals surface area contributed by atoms with Crippen molar-refractivity contribution in [2.24, 2.45) is 11.8 Å². The van der Waals surface area contributed by atoms with Gasteiger partial charge in [0, 0.05) is 6.07 Å². The highest BCUT2D eigenvalue weighted by Crippen LogP contribution is 2.38. The minimum absolute atomic E-state index is 0.0846. The molecule has 0 saturated heterocycles. The molecular formula is C13H13F2NO4. The molecule has 0 aliphatic heterocycles. The smallest absolute Gasteiger partial charge is 0.307 e. The summed E-state index contributed by atoms with van der Waals surface area (Å²) in [7, 11) is 0. The molecule has 2 rings (SSSR count). The molecule has 0 aromatic heterocycles. The minimum atomic E-state index is -1.01. The molecule has 2 atom stereocenters. The van der Waals surface area contributed by atoms with Gasteiger partial charge in [-0.05, 0) is 18.6 Å². The second kappa shape index (κ2) is 5.85. The Morgan fingerprint density at radius 3 is 2.65 bits per heavy atom. The number of hydrogen-bond donors (Lipinski definition) is 2. The van der Waals surface area contributed by atoms with E-state index in [9.17, 15) is 18.4 Å². The van der Waals surface area contributed by atoms with Gasteiger partial charge < -0.3 is 15.2 Å². The Labute approximate surface area is 113 Å². The molecule has 0 radical (unpaired) electrons. The predicted molar refractivity (Wildman–Crippen MR) is 64.1 cm³/mol. The average Bonchev–Trinajstić information content (AvgIpc) is 3.19. The number of nitrogens with one attached hydrogen (secondary N) is 1. The molecule has 20 heavy (non-hydrogen) atoms. The highest BCUT2D eigenvalue weighted by Gasteiger charge is 2.48. The number of hydrogen-bond acceptors (Lipinski definition) is 3. The van der Waals surface area contributed by atoms with Gasteiger partial charge in [-0.1, -0.05) is 0 Å². The number of carboxylic acid groups (broad SMARTS) is 1. The molecule has 1 aromatic carbocycles. The second-order valence-corrected chi connectivity index (χ2v) is 4.50. The van der Waals surface area contributed by atoms with Gasteiger partial charge in [-0.2, -0.15) is 0 Å². The number of amides is 1. The molecule has 1 saturated carbocycles. The van der Waals surface area contributed by atoms with Gasteiger partial charge in [-0.25, -0.2) is 8.78 Å². The number of carbonyl (C=O) groups excluding carboxylic acids is 1. The summed E-state index contributed by atoms with van der Waals surface area (Å²) in [6, 6.07) is 3.14. The molecule has 1 aliphatic rings. The normalized spacial score (nSPS) is 20.3. The first-order valence-corrected chi connectivity index (χ1v) is 6.07. The fourth-order valence-electron chi connectivity index (χ4n) is 1.80. The standard InChI is InChI=1S/C13H13F2NO4/c14-10-2-1-7(5-11(10)15)20-4-3-16-12(17)8-6-9(8)13(18)19/h1-2,5,8-9H,3-4,6H2,(H,16,17)(H,18,19). The monoisotopic (exact) mass is 285 g/mol. The Balaban J connectivity index is 1.68. The van der Waals surface area contributed by atoms with Crippen molar-refractivity contribution in [3.05, 3.63) is 29.8 Å². The van der Waals surface area contributed by atoms with E-state index in [1.165, 1.54) is 6.07 Å². The van der Waals surface area contributed by atoms with E-state index in [2.05, 4.69) is 5.32 Å². The van der Waals surface area contributed by atoms with E-state index in [-0.39, 0.29) is 24.8 Å². The summed E-state index contributed by atoms with van der Waals surface area (Å²) in [5.74, 6) is -4.17. The van der Waals surface area contributed by atoms with Crippen LogP contribution in [-0.2, 0) is 9.59 Å². The van der Waals surface area contributed by atoms with Gasteiger partial charge in [0.1, 0.15) is 12.4 Å². The highest BCUT2D eigenvalue weighted by molar-refractivity contribution is 5.89. The van der Waals surface area contributed by atoms with Gasteiger partial charge in [-0.3, -0.25) is 9.59 Å². The lowest BCUT2D eigenvalue weighted by Crippen LogP contribution is -2.30. The number of carbonyl (C=O) groups is 2. The maximum Gasteiger partial charge on any atom is 0.307 e. The summed E-state index contributed by atoms with van der Waals surface area (Å²) in [6.07, 6.45) is 0.352. The highest BCUT2D eigenvalue weighted by atomic mass is 19.2. The first kappa shape index (κ1) is 14.2. The average molecular weight is 285 g/mol. The number of halogens is 2. The van der Waals surface area contributed by atoms with Crippen LogP contribution in [0.25, 0.3) is 0 Å². The Morgan fingerprint density at radius 2 is 2.05 bits per heavy atom. The molecule has 0 heterocycles. The van der Waals surface area contributed by atoms with E-state index in [1.807, 2.05) is 0 Å². The van der Waals surface area contributed by atoms with Crippen LogP contribution in [0.2, 0.25) is 0 Å². The summed E-state index contributed by atoms with van der Waals surface area (Å²) in [5.41, 5.74) is 0. The maximum atomic E-state index is 12.9. The molecule has 2 N–H and O–H groups in total. The Kier molecular flexibility index (Phi) is 4.16. The van der Waals surface area contributed by atoms with E-state index in [1.54, 1.807) is 0 Å². The molecular weight excluding hydrogens is 272 g/mol. The summed E-state index contributed by atoms with van der Waals surface area (Å²) in [6.45, 7) is 0.252. The maximum absolute atomic E-state index is 12.9. The van der Waals surface area contributed by atoms with Crippen LogP contribution < -0.4 is 10.1 Å². The molecule has 0 spiro atoms. The predicted octanol–water partition coefficient (Wildman–Crippen LogP) is 1.18. The topological polar surface area (TPSA) is 75.6 Å². The van der Waals surface area contributed by atoms with Crippen molar-refractivity contribution in [1.29, 1.82) is 0 Å². The number of aliphatic carboxylic acids is 1. The Morgan fingerprint density at radius 1 is 1.30 bits per heavy atom. The third-order valence-electron chi connectivity index (χ3n) is 3.01. The Bertz CT molecular complexity index is 535. The van der Waals surface area contributed by atoms with E-state index < -0.39 is 29.4 Å². The SMILES string of the molecule is O=C(O)C1CC1C(=O)NCCOc1ccc(F)c(F)c1. The van der Waals surface area contributed by atoms with Crippen LogP contribution in [0.4, 0.5) is 8.78 Å². The summed E-state index contributed by atoms with van der Waals surface area (Å²) in [5, 5.41) is 11.2. The molecule has 2 unspecified atom stereocenters. The second-order valence-electron chi connectivity index (χ2n) is 4.50. The van der Waals surface area contributed by atoms with Crippen LogP contribution in [0, 0.1) is 23.5 Å². The van der Waals surface area contributed by atoms with E-state index in [4.69, 9.17) is 9.84 Å². The van der Waals surface area contributed by atoms with Crippen LogP contribution >= 0.6 is 0 Å². The van der Waals surface area contributed by atoms with Gasteiger partial charge >= 0.3 is 5.97 Å². The third-order valence-corrected chi connectivity index (χ3v) is 3.01. The zero-order chi connectivity index (χ0) is 14.7. The van der Waals surface area contributed by atoms with Crippen molar-refractivity contribution in [3.8, 4) is 5.75 Å². The third kappa shape index (κ3) is 3.43. The van der Waals surface area contributed by atoms with E-state index in [0.29, 0.717) is 6.42 Å². The van der Waals surface area contributed by atoms with Gasteiger partial charge in [0.25, 0.3) is 0 Å². The molecule has 7 heteroatoms.